The zero-order valence-electron chi connectivity index (χ0n) is 14.1. The molecule has 0 aliphatic heterocycles. The van der Waals surface area contributed by atoms with Gasteiger partial charge in [0.2, 0.25) is 0 Å². The minimum atomic E-state index is -0.256. The third-order valence-corrected chi connectivity index (χ3v) is 6.20. The van der Waals surface area contributed by atoms with E-state index in [-0.39, 0.29) is 5.82 Å². The molecule has 1 atom stereocenters. The highest BCUT2D eigenvalue weighted by atomic mass is 32.1. The van der Waals surface area contributed by atoms with Crippen LogP contribution in [0.3, 0.4) is 0 Å². The number of aryl methyl sites for hydroxylation is 2. The summed E-state index contributed by atoms with van der Waals surface area (Å²) in [5, 5.41) is 5.79. The molecule has 0 saturated carbocycles. The summed E-state index contributed by atoms with van der Waals surface area (Å²) in [5.74, 6) is 1.71. The van der Waals surface area contributed by atoms with Gasteiger partial charge in [-0.05, 0) is 61.9 Å². The van der Waals surface area contributed by atoms with Crippen molar-refractivity contribution in [2.75, 3.05) is 0 Å². The average Bonchev–Trinajstić information content (AvgIpc) is 3.17. The number of rotatable bonds is 1. The molecule has 6 heteroatoms. The first-order chi connectivity index (χ1) is 12.1. The number of nitrogens with zero attached hydrogens (tertiary/aromatic N) is 4. The molecule has 0 unspecified atom stereocenters. The second-order valence-electron chi connectivity index (χ2n) is 6.75. The van der Waals surface area contributed by atoms with E-state index in [1.165, 1.54) is 35.4 Å². The normalized spacial score (nSPS) is 17.3. The molecule has 25 heavy (non-hydrogen) atoms. The number of hydrogen-bond donors (Lipinski definition) is 0. The van der Waals surface area contributed by atoms with Crippen molar-refractivity contribution in [1.82, 2.24) is 19.6 Å². The summed E-state index contributed by atoms with van der Waals surface area (Å²) in [7, 11) is 0. The Morgan fingerprint density at radius 2 is 2.00 bits per heavy atom. The van der Waals surface area contributed by atoms with Gasteiger partial charge in [-0.2, -0.15) is 4.52 Å². The van der Waals surface area contributed by atoms with Gasteiger partial charge in [0.15, 0.2) is 11.5 Å². The Morgan fingerprint density at radius 1 is 1.20 bits per heavy atom. The van der Waals surface area contributed by atoms with E-state index < -0.39 is 0 Å². The highest BCUT2D eigenvalue weighted by Crippen LogP contribution is 2.43. The number of benzene rings is 1. The smallest absolute Gasteiger partial charge is 0.182 e. The fourth-order valence-electron chi connectivity index (χ4n) is 3.81. The van der Waals surface area contributed by atoms with Gasteiger partial charge in [0.05, 0.1) is 5.39 Å². The van der Waals surface area contributed by atoms with Crippen molar-refractivity contribution in [1.29, 1.82) is 0 Å². The van der Waals surface area contributed by atoms with E-state index in [0.29, 0.717) is 11.7 Å². The fraction of sp³-hybridized carbons (Fsp3) is 0.316. The Labute approximate surface area is 148 Å². The standard InChI is InChI=1S/C19H17FN4S/c1-10-4-3-5-14-15(10)16-18-22-17(12-6-8-13(20)9-7-12)23-24(18)11(2)21-19(16)25-14/h6-10H,3-5H2,1-2H3/t10-/m0/s1. The van der Waals surface area contributed by atoms with Gasteiger partial charge in [0, 0.05) is 10.4 Å². The quantitative estimate of drug-likeness (QED) is 0.490. The van der Waals surface area contributed by atoms with E-state index in [0.717, 1.165) is 33.7 Å². The number of hydrogen-bond acceptors (Lipinski definition) is 4. The molecule has 0 spiro atoms. The number of thiophene rings is 1. The van der Waals surface area contributed by atoms with Crippen LogP contribution in [0.15, 0.2) is 24.3 Å². The first kappa shape index (κ1) is 15.0. The van der Waals surface area contributed by atoms with Crippen LogP contribution in [0.1, 0.15) is 41.9 Å². The molecule has 0 fully saturated rings. The van der Waals surface area contributed by atoms with Crippen LogP contribution in [-0.4, -0.2) is 19.6 Å². The van der Waals surface area contributed by atoms with Crippen LogP contribution >= 0.6 is 11.3 Å². The highest BCUT2D eigenvalue weighted by molar-refractivity contribution is 7.19. The molecule has 0 N–H and O–H groups in total. The van der Waals surface area contributed by atoms with Crippen LogP contribution in [0, 0.1) is 12.7 Å². The lowest BCUT2D eigenvalue weighted by Crippen LogP contribution is -2.05. The maximum absolute atomic E-state index is 13.2. The molecule has 0 radical (unpaired) electrons. The molecule has 4 nitrogen and oxygen atoms in total. The molecular formula is C19H17FN4S. The zero-order valence-corrected chi connectivity index (χ0v) is 14.9. The van der Waals surface area contributed by atoms with E-state index in [1.54, 1.807) is 23.5 Å². The Hall–Kier alpha value is -2.34. The Bertz CT molecular complexity index is 1110. The monoisotopic (exact) mass is 352 g/mol. The van der Waals surface area contributed by atoms with E-state index in [2.05, 4.69) is 12.0 Å². The maximum atomic E-state index is 13.2. The van der Waals surface area contributed by atoms with Crippen LogP contribution in [0.4, 0.5) is 4.39 Å². The van der Waals surface area contributed by atoms with Crippen LogP contribution < -0.4 is 0 Å². The average molecular weight is 352 g/mol. The van der Waals surface area contributed by atoms with Gasteiger partial charge >= 0.3 is 0 Å². The van der Waals surface area contributed by atoms with Gasteiger partial charge in [0.1, 0.15) is 16.5 Å². The van der Waals surface area contributed by atoms with Crippen molar-refractivity contribution in [3.05, 3.63) is 46.3 Å². The molecule has 5 rings (SSSR count). The summed E-state index contributed by atoms with van der Waals surface area (Å²) in [6.07, 6.45) is 3.58. The second-order valence-corrected chi connectivity index (χ2v) is 7.83. The fourth-order valence-corrected chi connectivity index (χ4v) is 5.18. The summed E-state index contributed by atoms with van der Waals surface area (Å²) < 4.78 is 15.0. The number of aromatic nitrogens is 4. The van der Waals surface area contributed by atoms with Gasteiger partial charge in [-0.3, -0.25) is 0 Å². The Morgan fingerprint density at radius 3 is 2.80 bits per heavy atom. The molecule has 1 aromatic carbocycles. The van der Waals surface area contributed by atoms with Crippen molar-refractivity contribution >= 4 is 27.2 Å². The molecule has 0 bridgehead atoms. The molecule has 126 valence electrons. The lowest BCUT2D eigenvalue weighted by atomic mass is 9.87. The summed E-state index contributed by atoms with van der Waals surface area (Å²) in [6, 6.07) is 6.32. The van der Waals surface area contributed by atoms with Crippen molar-refractivity contribution in [3.8, 4) is 11.4 Å². The lowest BCUT2D eigenvalue weighted by molar-refractivity contribution is 0.602. The Kier molecular flexibility index (Phi) is 3.19. The minimum Gasteiger partial charge on any atom is -0.222 e. The minimum absolute atomic E-state index is 0.256. The molecule has 3 aromatic heterocycles. The van der Waals surface area contributed by atoms with E-state index in [4.69, 9.17) is 9.97 Å². The first-order valence-electron chi connectivity index (χ1n) is 8.56. The summed E-state index contributed by atoms with van der Waals surface area (Å²) >= 11 is 1.80. The molecule has 4 aromatic rings. The Balaban J connectivity index is 1.82. The van der Waals surface area contributed by atoms with Gasteiger partial charge < -0.3 is 0 Å². The second kappa shape index (κ2) is 5.33. The van der Waals surface area contributed by atoms with Crippen molar-refractivity contribution in [2.45, 2.75) is 39.0 Å². The van der Waals surface area contributed by atoms with Gasteiger partial charge in [0.25, 0.3) is 0 Å². The van der Waals surface area contributed by atoms with Crippen molar-refractivity contribution in [3.63, 3.8) is 0 Å². The number of fused-ring (bicyclic) bond motifs is 5. The van der Waals surface area contributed by atoms with E-state index >= 15 is 0 Å². The topological polar surface area (TPSA) is 43.1 Å². The van der Waals surface area contributed by atoms with Gasteiger partial charge in [-0.25, -0.2) is 14.4 Å². The molecule has 1 aliphatic carbocycles. The first-order valence-corrected chi connectivity index (χ1v) is 9.38. The van der Waals surface area contributed by atoms with Crippen molar-refractivity contribution < 1.29 is 4.39 Å². The van der Waals surface area contributed by atoms with Crippen LogP contribution in [0.5, 0.6) is 0 Å². The third kappa shape index (κ3) is 2.20. The van der Waals surface area contributed by atoms with E-state index in [1.807, 2.05) is 11.4 Å². The van der Waals surface area contributed by atoms with Crippen LogP contribution in [0.2, 0.25) is 0 Å². The largest absolute Gasteiger partial charge is 0.222 e. The molecule has 0 saturated heterocycles. The van der Waals surface area contributed by atoms with Gasteiger partial charge in [-0.1, -0.05) is 6.92 Å². The molecule has 0 amide bonds. The van der Waals surface area contributed by atoms with Crippen molar-refractivity contribution in [2.24, 2.45) is 0 Å². The van der Waals surface area contributed by atoms with Crippen LogP contribution in [0.25, 0.3) is 27.3 Å². The zero-order chi connectivity index (χ0) is 17.1. The van der Waals surface area contributed by atoms with E-state index in [9.17, 15) is 4.39 Å². The maximum Gasteiger partial charge on any atom is 0.182 e. The van der Waals surface area contributed by atoms with Crippen LogP contribution in [-0.2, 0) is 6.42 Å². The predicted molar refractivity (Wildman–Crippen MR) is 97.6 cm³/mol. The summed E-state index contributed by atoms with van der Waals surface area (Å²) in [5.41, 5.74) is 3.09. The van der Waals surface area contributed by atoms with Gasteiger partial charge in [-0.15, -0.1) is 16.4 Å². The lowest BCUT2D eigenvalue weighted by Gasteiger charge is -2.18. The third-order valence-electron chi connectivity index (χ3n) is 5.04. The molecule has 1 aliphatic rings. The molecule has 3 heterocycles. The SMILES string of the molecule is Cc1nc2sc3c(c2c2nc(-c4ccc(F)cc4)nn12)[C@@H](C)CCC3. The number of halogens is 1. The summed E-state index contributed by atoms with van der Waals surface area (Å²) in [6.45, 7) is 4.25. The summed E-state index contributed by atoms with van der Waals surface area (Å²) in [4.78, 5) is 12.1. The highest BCUT2D eigenvalue weighted by Gasteiger charge is 2.26. The molecular weight excluding hydrogens is 335 g/mol. The predicted octanol–water partition coefficient (Wildman–Crippen LogP) is 4.89.